The minimum Gasteiger partial charge on any atom is -0.465 e. The highest BCUT2D eigenvalue weighted by Gasteiger charge is 2.10. The number of nitrogens with zero attached hydrogens (tertiary/aromatic N) is 2. The second-order valence-electron chi connectivity index (χ2n) is 5.70. The van der Waals surface area contributed by atoms with Gasteiger partial charge in [-0.15, -0.1) is 10.2 Å². The molecule has 0 spiro atoms. The monoisotopic (exact) mass is 477 g/mol. The molecule has 28 heavy (non-hydrogen) atoms. The number of hydrogen-bond acceptors (Lipinski definition) is 7. The van der Waals surface area contributed by atoms with Gasteiger partial charge in [-0.1, -0.05) is 63.3 Å². The number of nitrogens with one attached hydrogen (secondary N) is 1. The summed E-state index contributed by atoms with van der Waals surface area (Å²) in [6, 6.07) is 14.8. The molecule has 0 unspecified atom stereocenters. The smallest absolute Gasteiger partial charge is 0.337 e. The number of aromatic nitrogens is 2. The molecule has 0 bridgehead atoms. The molecule has 9 heteroatoms. The van der Waals surface area contributed by atoms with Crippen molar-refractivity contribution < 1.29 is 14.3 Å². The Labute approximate surface area is 178 Å². The first-order valence-corrected chi connectivity index (χ1v) is 10.8. The highest BCUT2D eigenvalue weighted by molar-refractivity contribution is 9.10. The first-order valence-electron chi connectivity index (χ1n) is 8.21. The van der Waals surface area contributed by atoms with Crippen molar-refractivity contribution in [2.45, 2.75) is 16.5 Å². The number of hydrogen-bond donors (Lipinski definition) is 1. The fraction of sp³-hybridized carbons (Fsp3) is 0.158. The Kier molecular flexibility index (Phi) is 7.18. The van der Waals surface area contributed by atoms with Gasteiger partial charge in [0.2, 0.25) is 11.0 Å². The lowest BCUT2D eigenvalue weighted by molar-refractivity contribution is -0.115. The summed E-state index contributed by atoms with van der Waals surface area (Å²) in [5, 5.41) is 11.4. The molecule has 144 valence electrons. The minimum atomic E-state index is -0.355. The number of carbonyl (C=O) groups is 2. The molecule has 0 saturated heterocycles. The standard InChI is InChI=1S/C19H16BrN3O3S2/c1-26-17(25)14-6-2-13(3-7-14)11-27-19-23-22-18(28-19)21-16(24)10-12-4-8-15(20)9-5-12/h2-9H,10-11H2,1H3,(H,21,22,24). The minimum absolute atomic E-state index is 0.131. The number of ether oxygens (including phenoxy) is 1. The zero-order valence-corrected chi connectivity index (χ0v) is 18.1. The normalized spacial score (nSPS) is 10.5. The number of anilines is 1. The maximum Gasteiger partial charge on any atom is 0.337 e. The Morgan fingerprint density at radius 3 is 2.43 bits per heavy atom. The number of amides is 1. The summed E-state index contributed by atoms with van der Waals surface area (Å²) in [4.78, 5) is 23.6. The molecular formula is C19H16BrN3O3S2. The number of halogens is 1. The SMILES string of the molecule is COC(=O)c1ccc(CSc2nnc(NC(=O)Cc3ccc(Br)cc3)s2)cc1. The average Bonchev–Trinajstić information content (AvgIpc) is 3.15. The summed E-state index contributed by atoms with van der Waals surface area (Å²) in [6.45, 7) is 0. The molecule has 0 saturated carbocycles. The fourth-order valence-electron chi connectivity index (χ4n) is 2.27. The van der Waals surface area contributed by atoms with Gasteiger partial charge in [-0.2, -0.15) is 0 Å². The average molecular weight is 478 g/mol. The molecule has 1 N–H and O–H groups in total. The molecule has 1 heterocycles. The van der Waals surface area contributed by atoms with Crippen molar-refractivity contribution in [1.82, 2.24) is 10.2 Å². The summed E-state index contributed by atoms with van der Waals surface area (Å²) in [6.07, 6.45) is 0.280. The van der Waals surface area contributed by atoms with Crippen molar-refractivity contribution in [3.63, 3.8) is 0 Å². The maximum absolute atomic E-state index is 12.1. The maximum atomic E-state index is 12.1. The van der Waals surface area contributed by atoms with Crippen molar-refractivity contribution in [3.8, 4) is 0 Å². The molecule has 1 aromatic heterocycles. The van der Waals surface area contributed by atoms with E-state index in [2.05, 4.69) is 36.2 Å². The second kappa shape index (κ2) is 9.81. The highest BCUT2D eigenvalue weighted by Crippen LogP contribution is 2.28. The number of esters is 1. The molecule has 0 aliphatic rings. The predicted molar refractivity (Wildman–Crippen MR) is 114 cm³/mol. The van der Waals surface area contributed by atoms with Crippen molar-refractivity contribution >= 4 is 56.0 Å². The molecule has 0 radical (unpaired) electrons. The van der Waals surface area contributed by atoms with E-state index in [0.29, 0.717) is 16.4 Å². The zero-order valence-electron chi connectivity index (χ0n) is 14.8. The third kappa shape index (κ3) is 5.88. The van der Waals surface area contributed by atoms with Crippen LogP contribution in [0.3, 0.4) is 0 Å². The van der Waals surface area contributed by atoms with E-state index in [1.807, 2.05) is 36.4 Å². The van der Waals surface area contributed by atoms with Crippen molar-refractivity contribution in [3.05, 3.63) is 69.7 Å². The van der Waals surface area contributed by atoms with Gasteiger partial charge in [0.05, 0.1) is 19.1 Å². The van der Waals surface area contributed by atoms with Crippen molar-refractivity contribution in [2.75, 3.05) is 12.4 Å². The fourth-order valence-corrected chi connectivity index (χ4v) is 4.26. The van der Waals surface area contributed by atoms with E-state index < -0.39 is 0 Å². The van der Waals surface area contributed by atoms with E-state index in [1.165, 1.54) is 30.2 Å². The van der Waals surface area contributed by atoms with Crippen LogP contribution in [-0.4, -0.2) is 29.2 Å². The highest BCUT2D eigenvalue weighted by atomic mass is 79.9. The Bertz CT molecular complexity index is 959. The second-order valence-corrected chi connectivity index (χ2v) is 8.82. The zero-order chi connectivity index (χ0) is 19.9. The van der Waals surface area contributed by atoms with Crippen LogP contribution in [0.2, 0.25) is 0 Å². The van der Waals surface area contributed by atoms with Crippen LogP contribution in [0, 0.1) is 0 Å². The van der Waals surface area contributed by atoms with Gasteiger partial charge in [0.25, 0.3) is 0 Å². The number of carbonyl (C=O) groups excluding carboxylic acids is 2. The van der Waals surface area contributed by atoms with Crippen LogP contribution in [0.15, 0.2) is 57.3 Å². The van der Waals surface area contributed by atoms with E-state index in [-0.39, 0.29) is 18.3 Å². The van der Waals surface area contributed by atoms with Crippen LogP contribution in [0.25, 0.3) is 0 Å². The lowest BCUT2D eigenvalue weighted by Crippen LogP contribution is -2.14. The predicted octanol–water partition coefficient (Wildman–Crippen LogP) is 4.56. The quantitative estimate of drug-likeness (QED) is 0.305. The van der Waals surface area contributed by atoms with Crippen molar-refractivity contribution in [2.24, 2.45) is 0 Å². The van der Waals surface area contributed by atoms with Gasteiger partial charge in [-0.05, 0) is 35.4 Å². The molecular weight excluding hydrogens is 462 g/mol. The van der Waals surface area contributed by atoms with Gasteiger partial charge in [-0.25, -0.2) is 4.79 Å². The third-order valence-corrected chi connectivity index (χ3v) is 6.24. The number of methoxy groups -OCH3 is 1. The van der Waals surface area contributed by atoms with Crippen LogP contribution in [-0.2, 0) is 21.7 Å². The van der Waals surface area contributed by atoms with Gasteiger partial charge in [0, 0.05) is 10.2 Å². The van der Waals surface area contributed by atoms with Crippen LogP contribution in [0.1, 0.15) is 21.5 Å². The Hall–Kier alpha value is -2.23. The van der Waals surface area contributed by atoms with E-state index in [0.717, 1.165) is 19.9 Å². The summed E-state index contributed by atoms with van der Waals surface area (Å²) >= 11 is 6.22. The van der Waals surface area contributed by atoms with Crippen LogP contribution < -0.4 is 5.32 Å². The van der Waals surface area contributed by atoms with Crippen LogP contribution in [0.5, 0.6) is 0 Å². The topological polar surface area (TPSA) is 81.2 Å². The van der Waals surface area contributed by atoms with E-state index in [9.17, 15) is 9.59 Å². The van der Waals surface area contributed by atoms with Gasteiger partial charge in [-0.3, -0.25) is 4.79 Å². The number of rotatable bonds is 7. The Morgan fingerprint density at radius 1 is 1.07 bits per heavy atom. The molecule has 0 aliphatic carbocycles. The van der Waals surface area contributed by atoms with Gasteiger partial charge < -0.3 is 10.1 Å². The third-order valence-electron chi connectivity index (χ3n) is 3.67. The van der Waals surface area contributed by atoms with Gasteiger partial charge in [0.1, 0.15) is 0 Å². The first kappa shape index (κ1) is 20.5. The molecule has 6 nitrogen and oxygen atoms in total. The van der Waals surface area contributed by atoms with Gasteiger partial charge >= 0.3 is 5.97 Å². The molecule has 0 fully saturated rings. The van der Waals surface area contributed by atoms with E-state index >= 15 is 0 Å². The number of benzene rings is 2. The molecule has 1 amide bonds. The lowest BCUT2D eigenvalue weighted by atomic mass is 10.1. The summed E-state index contributed by atoms with van der Waals surface area (Å²) < 4.78 is 6.42. The first-order chi connectivity index (χ1) is 13.5. The summed E-state index contributed by atoms with van der Waals surface area (Å²) in [5.74, 6) is 0.198. The molecule has 2 aromatic carbocycles. The summed E-state index contributed by atoms with van der Waals surface area (Å²) in [7, 11) is 1.36. The largest absolute Gasteiger partial charge is 0.465 e. The van der Waals surface area contributed by atoms with Crippen LogP contribution in [0.4, 0.5) is 5.13 Å². The van der Waals surface area contributed by atoms with Gasteiger partial charge in [0.15, 0.2) is 4.34 Å². The molecule has 3 aromatic rings. The van der Waals surface area contributed by atoms with E-state index in [4.69, 9.17) is 0 Å². The van der Waals surface area contributed by atoms with Crippen molar-refractivity contribution in [1.29, 1.82) is 0 Å². The Morgan fingerprint density at radius 2 is 1.75 bits per heavy atom. The molecule has 0 atom stereocenters. The van der Waals surface area contributed by atoms with Crippen LogP contribution >= 0.6 is 39.0 Å². The lowest BCUT2D eigenvalue weighted by Gasteiger charge is -2.02. The van der Waals surface area contributed by atoms with E-state index in [1.54, 1.807) is 12.1 Å². The Balaban J connectivity index is 1.50. The molecule has 0 aliphatic heterocycles. The summed E-state index contributed by atoms with van der Waals surface area (Å²) in [5.41, 5.74) is 2.49. The molecule has 3 rings (SSSR count). The number of thioether (sulfide) groups is 1.